The normalized spacial score (nSPS) is 14.4. The summed E-state index contributed by atoms with van der Waals surface area (Å²) in [5.74, 6) is 1.25. The molecule has 25 heavy (non-hydrogen) atoms. The van der Waals surface area contributed by atoms with E-state index in [-0.39, 0.29) is 0 Å². The first-order valence-electron chi connectivity index (χ1n) is 8.30. The number of hydrogen-bond donors (Lipinski definition) is 2. The largest absolute Gasteiger partial charge is 0.384 e. The number of nitrogens with two attached hydrogens (primary N) is 1. The third kappa shape index (κ3) is 3.36. The molecule has 1 aromatic carbocycles. The van der Waals surface area contributed by atoms with Gasteiger partial charge in [0.05, 0.1) is 5.39 Å². The van der Waals surface area contributed by atoms with Gasteiger partial charge in [0, 0.05) is 31.2 Å². The van der Waals surface area contributed by atoms with Gasteiger partial charge in [-0.1, -0.05) is 23.7 Å². The van der Waals surface area contributed by atoms with Crippen LogP contribution in [0.15, 0.2) is 36.7 Å². The Kier molecular flexibility index (Phi) is 4.38. The Labute approximate surface area is 151 Å². The first kappa shape index (κ1) is 16.1. The van der Waals surface area contributed by atoms with Gasteiger partial charge < -0.3 is 11.1 Å². The summed E-state index contributed by atoms with van der Waals surface area (Å²) < 4.78 is 0. The van der Waals surface area contributed by atoms with Crippen molar-refractivity contribution in [1.82, 2.24) is 19.9 Å². The molecule has 0 radical (unpaired) electrons. The zero-order chi connectivity index (χ0) is 17.2. The number of pyridine rings is 1. The number of nitrogens with one attached hydrogen (secondary N) is 1. The minimum Gasteiger partial charge on any atom is -0.384 e. The second kappa shape index (κ2) is 6.82. The Hall–Kier alpha value is -2.44. The third-order valence-electron chi connectivity index (χ3n) is 4.53. The summed E-state index contributed by atoms with van der Waals surface area (Å²) in [5, 5.41) is 5.16. The molecule has 1 aliphatic rings. The molecule has 0 aliphatic carbocycles. The molecule has 3 aromatic rings. The van der Waals surface area contributed by atoms with Crippen molar-refractivity contribution in [3.8, 4) is 0 Å². The van der Waals surface area contributed by atoms with Crippen LogP contribution in [0.4, 0.5) is 11.6 Å². The van der Waals surface area contributed by atoms with Crippen LogP contribution in [0.3, 0.4) is 0 Å². The lowest BCUT2D eigenvalue weighted by Crippen LogP contribution is -2.34. The number of hydrogen-bond acceptors (Lipinski definition) is 6. The Morgan fingerprint density at radius 1 is 1.20 bits per heavy atom. The van der Waals surface area contributed by atoms with Crippen LogP contribution in [0.5, 0.6) is 0 Å². The molecule has 0 fully saturated rings. The molecule has 6 nitrogen and oxygen atoms in total. The standard InChI is InChI=1S/C18H19ClN6/c19-15-3-1-2-12-10-25(8-6-13(12)15)9-7-21-17-14-4-5-16(20)24-18(14)23-11-22-17/h1-5,11H,6-10H2,(H3,20,21,22,23,24). The molecule has 0 saturated heterocycles. The molecule has 1 aliphatic heterocycles. The quantitative estimate of drug-likeness (QED) is 0.750. The van der Waals surface area contributed by atoms with E-state index in [0.29, 0.717) is 11.5 Å². The van der Waals surface area contributed by atoms with Gasteiger partial charge in [-0.15, -0.1) is 0 Å². The van der Waals surface area contributed by atoms with E-state index in [1.165, 1.54) is 17.5 Å². The second-order valence-corrected chi connectivity index (χ2v) is 6.57. The highest BCUT2D eigenvalue weighted by atomic mass is 35.5. The molecule has 0 spiro atoms. The predicted molar refractivity (Wildman–Crippen MR) is 101 cm³/mol. The summed E-state index contributed by atoms with van der Waals surface area (Å²) in [4.78, 5) is 15.1. The molecule has 4 rings (SSSR count). The fourth-order valence-electron chi connectivity index (χ4n) is 3.24. The highest BCUT2D eigenvalue weighted by Gasteiger charge is 2.17. The SMILES string of the molecule is Nc1ccc2c(NCCN3CCc4c(Cl)cccc4C3)ncnc2n1. The highest BCUT2D eigenvalue weighted by molar-refractivity contribution is 6.31. The molecule has 2 aromatic heterocycles. The zero-order valence-corrected chi connectivity index (χ0v) is 14.5. The summed E-state index contributed by atoms with van der Waals surface area (Å²) in [7, 11) is 0. The van der Waals surface area contributed by atoms with E-state index in [9.17, 15) is 0 Å². The van der Waals surface area contributed by atoms with Crippen molar-refractivity contribution in [1.29, 1.82) is 0 Å². The number of benzene rings is 1. The van der Waals surface area contributed by atoms with E-state index < -0.39 is 0 Å². The van der Waals surface area contributed by atoms with E-state index in [1.54, 1.807) is 6.07 Å². The summed E-state index contributed by atoms with van der Waals surface area (Å²) in [6.45, 7) is 3.67. The molecule has 0 amide bonds. The van der Waals surface area contributed by atoms with Crippen LogP contribution < -0.4 is 11.1 Å². The van der Waals surface area contributed by atoms with Crippen LogP contribution in [-0.4, -0.2) is 39.5 Å². The number of halogens is 1. The van der Waals surface area contributed by atoms with E-state index in [1.807, 2.05) is 18.2 Å². The van der Waals surface area contributed by atoms with Crippen LogP contribution in [0, 0.1) is 0 Å². The third-order valence-corrected chi connectivity index (χ3v) is 4.88. The van der Waals surface area contributed by atoms with E-state index >= 15 is 0 Å². The Morgan fingerprint density at radius 3 is 3.04 bits per heavy atom. The number of fused-ring (bicyclic) bond motifs is 2. The molecule has 128 valence electrons. The van der Waals surface area contributed by atoms with Gasteiger partial charge in [-0.05, 0) is 35.7 Å². The molecule has 7 heteroatoms. The van der Waals surface area contributed by atoms with Gasteiger partial charge in [0.25, 0.3) is 0 Å². The lowest BCUT2D eigenvalue weighted by Gasteiger charge is -2.29. The second-order valence-electron chi connectivity index (χ2n) is 6.16. The fourth-order valence-corrected chi connectivity index (χ4v) is 3.53. The minimum absolute atomic E-state index is 0.461. The van der Waals surface area contributed by atoms with Crippen LogP contribution in [-0.2, 0) is 13.0 Å². The maximum absolute atomic E-state index is 6.28. The van der Waals surface area contributed by atoms with Crippen LogP contribution in [0.1, 0.15) is 11.1 Å². The number of aromatic nitrogens is 3. The van der Waals surface area contributed by atoms with Gasteiger partial charge in [0.2, 0.25) is 0 Å². The monoisotopic (exact) mass is 354 g/mol. The van der Waals surface area contributed by atoms with Gasteiger partial charge in [-0.25, -0.2) is 15.0 Å². The number of rotatable bonds is 4. The number of nitrogen functional groups attached to an aromatic ring is 1. The minimum atomic E-state index is 0.461. The van der Waals surface area contributed by atoms with Crippen molar-refractivity contribution in [2.24, 2.45) is 0 Å². The molecule has 0 bridgehead atoms. The van der Waals surface area contributed by atoms with Gasteiger partial charge in [-0.3, -0.25) is 4.90 Å². The van der Waals surface area contributed by atoms with E-state index in [0.717, 1.165) is 48.8 Å². The fraction of sp³-hybridized carbons (Fsp3) is 0.278. The Balaban J connectivity index is 1.40. The predicted octanol–water partition coefficient (Wildman–Crippen LogP) is 2.73. The van der Waals surface area contributed by atoms with Crippen molar-refractivity contribution >= 4 is 34.3 Å². The summed E-state index contributed by atoms with van der Waals surface area (Å²) in [6, 6.07) is 9.82. The molecule has 3 N–H and O–H groups in total. The molecule has 0 atom stereocenters. The van der Waals surface area contributed by atoms with Crippen LogP contribution >= 0.6 is 11.6 Å². The average molecular weight is 355 g/mol. The molecule has 0 unspecified atom stereocenters. The van der Waals surface area contributed by atoms with Crippen molar-refractivity contribution < 1.29 is 0 Å². The molecular formula is C18H19ClN6. The van der Waals surface area contributed by atoms with Gasteiger partial charge in [0.15, 0.2) is 5.65 Å². The topological polar surface area (TPSA) is 80.0 Å². The highest BCUT2D eigenvalue weighted by Crippen LogP contribution is 2.25. The lowest BCUT2D eigenvalue weighted by molar-refractivity contribution is 0.264. The maximum atomic E-state index is 6.28. The summed E-state index contributed by atoms with van der Waals surface area (Å²) in [5.41, 5.74) is 8.94. The van der Waals surface area contributed by atoms with Gasteiger partial charge in [0.1, 0.15) is 18.0 Å². The van der Waals surface area contributed by atoms with Crippen LogP contribution in [0.25, 0.3) is 11.0 Å². The Bertz CT molecular complexity index is 913. The summed E-state index contributed by atoms with van der Waals surface area (Å²) >= 11 is 6.28. The first-order chi connectivity index (χ1) is 12.2. The van der Waals surface area contributed by atoms with Crippen molar-refractivity contribution in [3.05, 3.63) is 52.8 Å². The maximum Gasteiger partial charge on any atom is 0.166 e. The Morgan fingerprint density at radius 2 is 2.12 bits per heavy atom. The van der Waals surface area contributed by atoms with Crippen LogP contribution in [0.2, 0.25) is 5.02 Å². The zero-order valence-electron chi connectivity index (χ0n) is 13.7. The van der Waals surface area contributed by atoms with E-state index in [2.05, 4.69) is 31.2 Å². The number of anilines is 2. The number of nitrogens with zero attached hydrogens (tertiary/aromatic N) is 4. The molecular weight excluding hydrogens is 336 g/mol. The van der Waals surface area contributed by atoms with Gasteiger partial charge in [-0.2, -0.15) is 0 Å². The smallest absolute Gasteiger partial charge is 0.166 e. The first-order valence-corrected chi connectivity index (χ1v) is 8.68. The molecule has 3 heterocycles. The van der Waals surface area contributed by atoms with E-state index in [4.69, 9.17) is 17.3 Å². The molecule has 0 saturated carbocycles. The summed E-state index contributed by atoms with van der Waals surface area (Å²) in [6.07, 6.45) is 2.50. The van der Waals surface area contributed by atoms with Gasteiger partial charge >= 0.3 is 0 Å². The average Bonchev–Trinajstić information content (AvgIpc) is 2.62. The lowest BCUT2D eigenvalue weighted by atomic mass is 10.00. The van der Waals surface area contributed by atoms with Crippen molar-refractivity contribution in [2.75, 3.05) is 30.7 Å². The van der Waals surface area contributed by atoms with Crippen molar-refractivity contribution in [3.63, 3.8) is 0 Å². The van der Waals surface area contributed by atoms with Crippen molar-refractivity contribution in [2.45, 2.75) is 13.0 Å².